The predicted octanol–water partition coefficient (Wildman–Crippen LogP) is 3.44. The molecule has 0 aromatic carbocycles. The van der Waals surface area contributed by atoms with Crippen molar-refractivity contribution in [3.8, 4) is 0 Å². The van der Waals surface area contributed by atoms with Gasteiger partial charge in [0.2, 0.25) is 0 Å². The van der Waals surface area contributed by atoms with E-state index in [4.69, 9.17) is 11.6 Å². The van der Waals surface area contributed by atoms with E-state index >= 15 is 0 Å². The third-order valence-electron chi connectivity index (χ3n) is 3.41. The molecule has 1 aromatic heterocycles. The molecule has 0 fully saturated rings. The Kier molecular flexibility index (Phi) is 6.72. The molecule has 4 heteroatoms. The number of aryl methyl sites for hydroxylation is 2. The molecule has 0 aliphatic heterocycles. The van der Waals surface area contributed by atoms with Crippen LogP contribution in [0.2, 0.25) is 5.02 Å². The maximum atomic E-state index is 6.41. The molecule has 1 rings (SSSR count). The molecule has 0 aliphatic rings. The van der Waals surface area contributed by atoms with Gasteiger partial charge in [-0.05, 0) is 39.2 Å². The zero-order chi connectivity index (χ0) is 13.5. The Morgan fingerprint density at radius 3 is 2.50 bits per heavy atom. The summed E-state index contributed by atoms with van der Waals surface area (Å²) in [6.07, 6.45) is 4.19. The largest absolute Gasteiger partial charge is 0.314 e. The van der Waals surface area contributed by atoms with Crippen LogP contribution < -0.4 is 5.32 Å². The van der Waals surface area contributed by atoms with E-state index in [-0.39, 0.29) is 0 Å². The quantitative estimate of drug-likeness (QED) is 0.785. The first-order valence-electron chi connectivity index (χ1n) is 7.15. The normalized spacial score (nSPS) is 12.9. The van der Waals surface area contributed by atoms with Crippen molar-refractivity contribution in [3.05, 3.63) is 16.4 Å². The van der Waals surface area contributed by atoms with Crippen LogP contribution in [0.15, 0.2) is 0 Å². The van der Waals surface area contributed by atoms with Crippen molar-refractivity contribution in [2.45, 2.75) is 66.0 Å². The summed E-state index contributed by atoms with van der Waals surface area (Å²) in [5.41, 5.74) is 2.23. The Morgan fingerprint density at radius 1 is 1.28 bits per heavy atom. The van der Waals surface area contributed by atoms with Crippen molar-refractivity contribution in [1.82, 2.24) is 15.1 Å². The van der Waals surface area contributed by atoms with Crippen molar-refractivity contribution in [1.29, 1.82) is 0 Å². The summed E-state index contributed by atoms with van der Waals surface area (Å²) in [5, 5.41) is 8.95. The first-order chi connectivity index (χ1) is 8.67. The Morgan fingerprint density at radius 2 is 2.00 bits per heavy atom. The zero-order valence-corrected chi connectivity index (χ0v) is 12.8. The molecule has 0 spiro atoms. The maximum absolute atomic E-state index is 6.41. The lowest BCUT2D eigenvalue weighted by molar-refractivity contribution is 0.471. The van der Waals surface area contributed by atoms with E-state index in [0.717, 1.165) is 49.5 Å². The fourth-order valence-electron chi connectivity index (χ4n) is 2.31. The van der Waals surface area contributed by atoms with Gasteiger partial charge in [-0.3, -0.25) is 4.68 Å². The molecular formula is C14H26ClN3. The van der Waals surface area contributed by atoms with Crippen LogP contribution in [-0.2, 0) is 19.4 Å². The van der Waals surface area contributed by atoms with Crippen molar-refractivity contribution in [2.24, 2.45) is 0 Å². The van der Waals surface area contributed by atoms with Gasteiger partial charge in [-0.1, -0.05) is 32.4 Å². The zero-order valence-electron chi connectivity index (χ0n) is 12.1. The predicted molar refractivity (Wildman–Crippen MR) is 78.4 cm³/mol. The van der Waals surface area contributed by atoms with E-state index in [2.05, 4.69) is 42.8 Å². The van der Waals surface area contributed by atoms with Gasteiger partial charge >= 0.3 is 0 Å². The lowest BCUT2D eigenvalue weighted by Crippen LogP contribution is -2.28. The van der Waals surface area contributed by atoms with Gasteiger partial charge < -0.3 is 5.32 Å². The standard InChI is InChI=1S/C14H26ClN3/c1-5-11(16-7-3)9-10-13-14(15)12(6-2)17-18(13)8-4/h11,16H,5-10H2,1-4H3. The van der Waals surface area contributed by atoms with Crippen LogP contribution >= 0.6 is 11.6 Å². The van der Waals surface area contributed by atoms with E-state index in [1.807, 2.05) is 0 Å². The van der Waals surface area contributed by atoms with Crippen LogP contribution in [0.4, 0.5) is 0 Å². The third-order valence-corrected chi connectivity index (χ3v) is 3.85. The summed E-state index contributed by atoms with van der Waals surface area (Å²) in [6.45, 7) is 10.5. The molecule has 0 saturated carbocycles. The number of rotatable bonds is 8. The monoisotopic (exact) mass is 271 g/mol. The second-order valence-electron chi connectivity index (χ2n) is 4.58. The van der Waals surface area contributed by atoms with Crippen LogP contribution in [0.5, 0.6) is 0 Å². The van der Waals surface area contributed by atoms with Gasteiger partial charge in [0.15, 0.2) is 0 Å². The second-order valence-corrected chi connectivity index (χ2v) is 4.96. The fourth-order valence-corrected chi connectivity index (χ4v) is 2.67. The SMILES string of the molecule is CCNC(CC)CCc1c(Cl)c(CC)nn1CC. The minimum absolute atomic E-state index is 0.580. The number of aromatic nitrogens is 2. The van der Waals surface area contributed by atoms with E-state index in [1.54, 1.807) is 0 Å². The number of nitrogens with one attached hydrogen (secondary N) is 1. The van der Waals surface area contributed by atoms with Crippen LogP contribution in [0, 0.1) is 0 Å². The molecule has 1 atom stereocenters. The second kappa shape index (κ2) is 7.80. The van der Waals surface area contributed by atoms with E-state index < -0.39 is 0 Å². The van der Waals surface area contributed by atoms with Crippen LogP contribution in [0.25, 0.3) is 0 Å². The fraction of sp³-hybridized carbons (Fsp3) is 0.786. The molecule has 0 saturated heterocycles. The Balaban J connectivity index is 2.73. The average Bonchev–Trinajstić information content (AvgIpc) is 2.70. The molecule has 3 nitrogen and oxygen atoms in total. The average molecular weight is 272 g/mol. The molecule has 1 heterocycles. The highest BCUT2D eigenvalue weighted by Gasteiger charge is 2.15. The molecule has 104 valence electrons. The van der Waals surface area contributed by atoms with E-state index in [1.165, 1.54) is 5.69 Å². The van der Waals surface area contributed by atoms with Gasteiger partial charge in [0, 0.05) is 12.6 Å². The van der Waals surface area contributed by atoms with Crippen molar-refractivity contribution < 1.29 is 0 Å². The van der Waals surface area contributed by atoms with Crippen molar-refractivity contribution >= 4 is 11.6 Å². The lowest BCUT2D eigenvalue weighted by atomic mass is 10.1. The van der Waals surface area contributed by atoms with Crippen LogP contribution in [0.3, 0.4) is 0 Å². The number of nitrogens with zero attached hydrogens (tertiary/aromatic N) is 2. The van der Waals surface area contributed by atoms with Gasteiger partial charge in [0.05, 0.1) is 16.4 Å². The van der Waals surface area contributed by atoms with Crippen molar-refractivity contribution in [3.63, 3.8) is 0 Å². The lowest BCUT2D eigenvalue weighted by Gasteiger charge is -2.16. The third kappa shape index (κ3) is 3.72. The summed E-state index contributed by atoms with van der Waals surface area (Å²) >= 11 is 6.41. The molecule has 0 amide bonds. The minimum Gasteiger partial charge on any atom is -0.314 e. The number of halogens is 1. The summed E-state index contributed by atoms with van der Waals surface area (Å²) in [5.74, 6) is 0. The first kappa shape index (κ1) is 15.5. The summed E-state index contributed by atoms with van der Waals surface area (Å²) in [7, 11) is 0. The van der Waals surface area contributed by atoms with Gasteiger partial charge in [-0.2, -0.15) is 5.10 Å². The summed E-state index contributed by atoms with van der Waals surface area (Å²) in [4.78, 5) is 0. The highest BCUT2D eigenvalue weighted by atomic mass is 35.5. The maximum Gasteiger partial charge on any atom is 0.0849 e. The van der Waals surface area contributed by atoms with E-state index in [9.17, 15) is 0 Å². The minimum atomic E-state index is 0.580. The van der Waals surface area contributed by atoms with Crippen molar-refractivity contribution in [2.75, 3.05) is 6.54 Å². The first-order valence-corrected chi connectivity index (χ1v) is 7.52. The Bertz CT molecular complexity index is 360. The smallest absolute Gasteiger partial charge is 0.0849 e. The van der Waals surface area contributed by atoms with Gasteiger partial charge in [-0.25, -0.2) is 0 Å². The Labute approximate surface area is 116 Å². The van der Waals surface area contributed by atoms with Gasteiger partial charge in [-0.15, -0.1) is 0 Å². The molecule has 1 N–H and O–H groups in total. The summed E-state index contributed by atoms with van der Waals surface area (Å²) < 4.78 is 2.06. The number of hydrogen-bond acceptors (Lipinski definition) is 2. The molecule has 0 aliphatic carbocycles. The van der Waals surface area contributed by atoms with Crippen LogP contribution in [0.1, 0.15) is 51.9 Å². The Hall–Kier alpha value is -0.540. The number of hydrogen-bond donors (Lipinski definition) is 1. The van der Waals surface area contributed by atoms with Gasteiger partial charge in [0.25, 0.3) is 0 Å². The molecule has 1 unspecified atom stereocenters. The summed E-state index contributed by atoms with van der Waals surface area (Å²) in [6, 6.07) is 0.580. The molecule has 0 bridgehead atoms. The van der Waals surface area contributed by atoms with E-state index in [0.29, 0.717) is 6.04 Å². The molecule has 1 aromatic rings. The topological polar surface area (TPSA) is 29.9 Å². The van der Waals surface area contributed by atoms with Crippen LogP contribution in [-0.4, -0.2) is 22.4 Å². The highest BCUT2D eigenvalue weighted by Crippen LogP contribution is 2.23. The highest BCUT2D eigenvalue weighted by molar-refractivity contribution is 6.31. The molecule has 0 radical (unpaired) electrons. The molecular weight excluding hydrogens is 246 g/mol. The van der Waals surface area contributed by atoms with Gasteiger partial charge in [0.1, 0.15) is 0 Å². The molecule has 18 heavy (non-hydrogen) atoms.